The van der Waals surface area contributed by atoms with Gasteiger partial charge in [0.15, 0.2) is 0 Å². The lowest BCUT2D eigenvalue weighted by Gasteiger charge is -2.17. The molecule has 0 saturated carbocycles. The van der Waals surface area contributed by atoms with Crippen molar-refractivity contribution in [2.75, 3.05) is 6.54 Å². The molecule has 0 saturated heterocycles. The van der Waals surface area contributed by atoms with Crippen molar-refractivity contribution in [1.82, 2.24) is 5.32 Å². The van der Waals surface area contributed by atoms with Crippen molar-refractivity contribution in [3.8, 4) is 0 Å². The summed E-state index contributed by atoms with van der Waals surface area (Å²) in [7, 11) is 0. The van der Waals surface area contributed by atoms with Crippen LogP contribution in [0.3, 0.4) is 0 Å². The Hall–Kier alpha value is -2.69. The number of carboxylic acids is 1. The molecule has 136 valence electrons. The first kappa shape index (κ1) is 18.1. The molecule has 1 atom stereocenters. The summed E-state index contributed by atoms with van der Waals surface area (Å²) in [6.45, 7) is -0.0231. The number of carbonyl (C=O) groups excluding carboxylic acids is 1. The maximum absolute atomic E-state index is 13.0. The normalized spacial score (nSPS) is 14.3. The zero-order valence-corrected chi connectivity index (χ0v) is 14.5. The highest BCUT2D eigenvalue weighted by molar-refractivity contribution is 5.81. The third-order valence-electron chi connectivity index (χ3n) is 4.85. The van der Waals surface area contributed by atoms with Gasteiger partial charge in [0.1, 0.15) is 5.82 Å². The van der Waals surface area contributed by atoms with E-state index in [9.17, 15) is 19.1 Å². The predicted octanol–water partition coefficient (Wildman–Crippen LogP) is 3.23. The van der Waals surface area contributed by atoms with Gasteiger partial charge in [0.2, 0.25) is 5.91 Å². The summed E-state index contributed by atoms with van der Waals surface area (Å²) >= 11 is 0. The SMILES string of the molecule is O=C(Cc1ccc2c(c1)CCCC2)NCC(C(=O)O)c1ccc(F)cc1. The fraction of sp³-hybridized carbons (Fsp3) is 0.333. The molecule has 0 spiro atoms. The number of fused-ring (bicyclic) bond motifs is 1. The third-order valence-corrected chi connectivity index (χ3v) is 4.85. The number of nitrogens with one attached hydrogen (secondary N) is 1. The molecule has 1 amide bonds. The van der Waals surface area contributed by atoms with Gasteiger partial charge in [0.25, 0.3) is 0 Å². The molecule has 0 bridgehead atoms. The molecule has 0 heterocycles. The van der Waals surface area contributed by atoms with E-state index in [0.717, 1.165) is 18.4 Å². The topological polar surface area (TPSA) is 66.4 Å². The highest BCUT2D eigenvalue weighted by atomic mass is 19.1. The summed E-state index contributed by atoms with van der Waals surface area (Å²) in [6.07, 6.45) is 4.77. The Bertz CT molecular complexity index is 801. The second-order valence-corrected chi connectivity index (χ2v) is 6.73. The van der Waals surface area contributed by atoms with Crippen LogP contribution in [0.5, 0.6) is 0 Å². The number of hydrogen-bond acceptors (Lipinski definition) is 2. The number of benzene rings is 2. The summed E-state index contributed by atoms with van der Waals surface area (Å²) in [5.41, 5.74) is 4.09. The first-order valence-electron chi connectivity index (χ1n) is 8.88. The van der Waals surface area contributed by atoms with E-state index in [4.69, 9.17) is 0 Å². The molecule has 1 aliphatic carbocycles. The molecule has 1 unspecified atom stereocenters. The molecule has 0 aromatic heterocycles. The molecule has 3 rings (SSSR count). The minimum Gasteiger partial charge on any atom is -0.481 e. The van der Waals surface area contributed by atoms with Crippen LogP contribution in [0.25, 0.3) is 0 Å². The van der Waals surface area contributed by atoms with Crippen LogP contribution in [0.15, 0.2) is 42.5 Å². The maximum atomic E-state index is 13.0. The number of halogens is 1. The molecule has 1 aliphatic rings. The first-order chi connectivity index (χ1) is 12.5. The second-order valence-electron chi connectivity index (χ2n) is 6.73. The van der Waals surface area contributed by atoms with Crippen LogP contribution in [-0.4, -0.2) is 23.5 Å². The van der Waals surface area contributed by atoms with Crippen molar-refractivity contribution in [2.45, 2.75) is 38.0 Å². The van der Waals surface area contributed by atoms with Gasteiger partial charge in [0.05, 0.1) is 12.3 Å². The largest absolute Gasteiger partial charge is 0.481 e. The fourth-order valence-electron chi connectivity index (χ4n) is 3.40. The van der Waals surface area contributed by atoms with Crippen LogP contribution < -0.4 is 5.32 Å². The van der Waals surface area contributed by atoms with Crippen molar-refractivity contribution in [3.05, 3.63) is 70.5 Å². The number of amides is 1. The van der Waals surface area contributed by atoms with Gasteiger partial charge >= 0.3 is 5.97 Å². The third kappa shape index (κ3) is 4.48. The van der Waals surface area contributed by atoms with E-state index >= 15 is 0 Å². The number of carbonyl (C=O) groups is 2. The summed E-state index contributed by atoms with van der Waals surface area (Å²) in [4.78, 5) is 23.7. The van der Waals surface area contributed by atoms with Crippen molar-refractivity contribution >= 4 is 11.9 Å². The number of hydrogen-bond donors (Lipinski definition) is 2. The molecule has 4 nitrogen and oxygen atoms in total. The number of carboxylic acid groups (broad SMARTS) is 1. The quantitative estimate of drug-likeness (QED) is 0.836. The standard InChI is InChI=1S/C21H22FNO3/c22-18-9-7-16(8-10-18)19(21(25)26)13-23-20(24)12-14-5-6-15-3-1-2-4-17(15)11-14/h5-11,19H,1-4,12-13H2,(H,23,24)(H,25,26). The molecular formula is C21H22FNO3. The van der Waals surface area contributed by atoms with E-state index < -0.39 is 17.7 Å². The Kier molecular flexibility index (Phi) is 5.66. The van der Waals surface area contributed by atoms with Crippen molar-refractivity contribution < 1.29 is 19.1 Å². The van der Waals surface area contributed by atoms with Crippen LogP contribution in [0, 0.1) is 5.82 Å². The Morgan fingerprint density at radius 3 is 2.42 bits per heavy atom. The van der Waals surface area contributed by atoms with Gasteiger partial charge in [-0.1, -0.05) is 30.3 Å². The smallest absolute Gasteiger partial charge is 0.312 e. The molecule has 2 aromatic rings. The van der Waals surface area contributed by atoms with E-state index in [0.29, 0.717) is 5.56 Å². The van der Waals surface area contributed by atoms with Gasteiger partial charge in [-0.15, -0.1) is 0 Å². The van der Waals surface area contributed by atoms with Crippen molar-refractivity contribution in [1.29, 1.82) is 0 Å². The maximum Gasteiger partial charge on any atom is 0.312 e. The first-order valence-corrected chi connectivity index (χ1v) is 8.88. The lowest BCUT2D eigenvalue weighted by atomic mass is 9.90. The van der Waals surface area contributed by atoms with Crippen LogP contribution in [0.2, 0.25) is 0 Å². The van der Waals surface area contributed by atoms with E-state index in [1.54, 1.807) is 0 Å². The van der Waals surface area contributed by atoms with Crippen molar-refractivity contribution in [2.24, 2.45) is 0 Å². The summed E-state index contributed by atoms with van der Waals surface area (Å²) in [5, 5.41) is 12.1. The Balaban J connectivity index is 1.60. The number of aliphatic carboxylic acids is 1. The number of aryl methyl sites for hydroxylation is 2. The molecule has 0 radical (unpaired) electrons. The molecule has 2 N–H and O–H groups in total. The minimum atomic E-state index is -1.05. The van der Waals surface area contributed by atoms with Crippen LogP contribution in [-0.2, 0) is 28.9 Å². The Morgan fingerprint density at radius 1 is 1.04 bits per heavy atom. The van der Waals surface area contributed by atoms with Crippen LogP contribution in [0.4, 0.5) is 4.39 Å². The van der Waals surface area contributed by atoms with E-state index in [2.05, 4.69) is 17.4 Å². The molecule has 2 aromatic carbocycles. The van der Waals surface area contributed by atoms with Crippen LogP contribution >= 0.6 is 0 Å². The molecular weight excluding hydrogens is 333 g/mol. The highest BCUT2D eigenvalue weighted by Gasteiger charge is 2.21. The van der Waals surface area contributed by atoms with Crippen molar-refractivity contribution in [3.63, 3.8) is 0 Å². The average molecular weight is 355 g/mol. The predicted molar refractivity (Wildman–Crippen MR) is 96.6 cm³/mol. The van der Waals surface area contributed by atoms with E-state index in [-0.39, 0.29) is 18.9 Å². The summed E-state index contributed by atoms with van der Waals surface area (Å²) in [6, 6.07) is 11.5. The molecule has 0 aliphatic heterocycles. The van der Waals surface area contributed by atoms with Gasteiger partial charge in [0, 0.05) is 6.54 Å². The van der Waals surface area contributed by atoms with Gasteiger partial charge in [-0.05, 0) is 60.1 Å². The summed E-state index contributed by atoms with van der Waals surface area (Å²) in [5.74, 6) is -2.59. The molecule has 26 heavy (non-hydrogen) atoms. The van der Waals surface area contributed by atoms with Crippen LogP contribution in [0.1, 0.15) is 41.0 Å². The number of rotatable bonds is 6. The summed E-state index contributed by atoms with van der Waals surface area (Å²) < 4.78 is 13.0. The van der Waals surface area contributed by atoms with Gasteiger partial charge < -0.3 is 10.4 Å². The van der Waals surface area contributed by atoms with Gasteiger partial charge in [-0.2, -0.15) is 0 Å². The van der Waals surface area contributed by atoms with Gasteiger partial charge in [-0.3, -0.25) is 9.59 Å². The zero-order valence-electron chi connectivity index (χ0n) is 14.5. The minimum absolute atomic E-state index is 0.0231. The van der Waals surface area contributed by atoms with E-state index in [1.165, 1.54) is 48.2 Å². The molecule has 5 heteroatoms. The van der Waals surface area contributed by atoms with E-state index in [1.807, 2.05) is 6.07 Å². The lowest BCUT2D eigenvalue weighted by Crippen LogP contribution is -2.32. The average Bonchev–Trinajstić information content (AvgIpc) is 2.63. The Labute approximate surface area is 152 Å². The monoisotopic (exact) mass is 355 g/mol. The zero-order chi connectivity index (χ0) is 18.5. The molecule has 0 fully saturated rings. The lowest BCUT2D eigenvalue weighted by molar-refractivity contribution is -0.138. The fourth-order valence-corrected chi connectivity index (χ4v) is 3.40. The highest BCUT2D eigenvalue weighted by Crippen LogP contribution is 2.22. The van der Waals surface area contributed by atoms with Gasteiger partial charge in [-0.25, -0.2) is 4.39 Å². The Morgan fingerprint density at radius 2 is 1.73 bits per heavy atom. The second kappa shape index (κ2) is 8.13.